The minimum absolute atomic E-state index is 0.110. The number of hydrazine groups is 1. The van der Waals surface area contributed by atoms with Gasteiger partial charge in [0.05, 0.1) is 16.6 Å². The zero-order chi connectivity index (χ0) is 22.1. The molecule has 0 saturated carbocycles. The number of thiocarbonyl (C=S) groups is 1. The molecular weight excluding hydrogens is 455 g/mol. The number of amides is 2. The second-order valence-corrected chi connectivity index (χ2v) is 7.01. The first-order valence-electron chi connectivity index (χ1n) is 8.49. The average molecular weight is 471 g/mol. The third-order valence-electron chi connectivity index (χ3n) is 3.59. The van der Waals surface area contributed by atoms with Crippen molar-refractivity contribution in [2.75, 3.05) is 6.61 Å². The Kier molecular flexibility index (Phi) is 8.78. The van der Waals surface area contributed by atoms with Crippen LogP contribution in [0.5, 0.6) is 5.75 Å². The summed E-state index contributed by atoms with van der Waals surface area (Å²) < 4.78 is 5.47. The Morgan fingerprint density at radius 2 is 1.87 bits per heavy atom. The Bertz CT molecular complexity index is 973. The topological polar surface area (TPSA) is 123 Å². The predicted octanol–water partition coefficient (Wildman–Crippen LogP) is 3.40. The highest BCUT2D eigenvalue weighted by Gasteiger charge is 2.19. The van der Waals surface area contributed by atoms with Crippen LogP contribution in [0.25, 0.3) is 0 Å². The van der Waals surface area contributed by atoms with E-state index in [1.807, 2.05) is 0 Å². The largest absolute Gasteiger partial charge is 0.492 e. The Morgan fingerprint density at radius 3 is 2.57 bits per heavy atom. The van der Waals surface area contributed by atoms with E-state index in [0.717, 1.165) is 0 Å². The smallest absolute Gasteiger partial charge is 0.282 e. The third-order valence-corrected chi connectivity index (χ3v) is 4.32. The van der Waals surface area contributed by atoms with E-state index < -0.39 is 16.7 Å². The lowest BCUT2D eigenvalue weighted by molar-refractivity contribution is -0.385. The Morgan fingerprint density at radius 1 is 1.13 bits per heavy atom. The molecule has 0 aliphatic heterocycles. The molecule has 0 aliphatic carbocycles. The summed E-state index contributed by atoms with van der Waals surface area (Å²) in [5.74, 6) is -0.719. The van der Waals surface area contributed by atoms with E-state index in [9.17, 15) is 19.7 Å². The number of nitro benzene ring substituents is 1. The van der Waals surface area contributed by atoms with Crippen molar-refractivity contribution >= 4 is 58.0 Å². The SMILES string of the molecule is O=C(CCCOc1ccc(Cl)cc1Cl)NNC(=S)NC(=O)c1ccccc1[N+](=O)[O-]. The lowest BCUT2D eigenvalue weighted by Crippen LogP contribution is -2.48. The van der Waals surface area contributed by atoms with E-state index in [4.69, 9.17) is 40.2 Å². The van der Waals surface area contributed by atoms with Crippen LogP contribution in [0.2, 0.25) is 10.0 Å². The number of halogens is 2. The number of hydrogen-bond acceptors (Lipinski definition) is 6. The summed E-state index contributed by atoms with van der Waals surface area (Å²) in [6.07, 6.45) is 0.501. The van der Waals surface area contributed by atoms with Gasteiger partial charge in [0.15, 0.2) is 5.11 Å². The molecule has 2 aromatic rings. The molecule has 12 heteroatoms. The van der Waals surface area contributed by atoms with Crippen LogP contribution in [0, 0.1) is 10.1 Å². The molecule has 0 spiro atoms. The first-order chi connectivity index (χ1) is 14.3. The van der Waals surface area contributed by atoms with E-state index in [-0.39, 0.29) is 29.4 Å². The zero-order valence-electron chi connectivity index (χ0n) is 15.3. The number of nitrogens with zero attached hydrogens (tertiary/aromatic N) is 1. The number of ether oxygens (including phenoxy) is 1. The Hall–Kier alpha value is -2.95. The van der Waals surface area contributed by atoms with Gasteiger partial charge < -0.3 is 4.74 Å². The van der Waals surface area contributed by atoms with Gasteiger partial charge >= 0.3 is 0 Å². The van der Waals surface area contributed by atoms with Gasteiger partial charge in [-0.1, -0.05) is 35.3 Å². The lowest BCUT2D eigenvalue weighted by Gasteiger charge is -2.11. The van der Waals surface area contributed by atoms with Gasteiger partial charge in [-0.15, -0.1) is 0 Å². The standard InChI is InChI=1S/C18H16Cl2N4O5S/c19-11-7-8-15(13(20)10-11)29-9-3-6-16(25)22-23-18(30)21-17(26)12-4-1-2-5-14(12)24(27)28/h1-2,4-5,7-8,10H,3,6,9H2,(H,22,25)(H2,21,23,26,30). The van der Waals surface area contributed by atoms with Crippen molar-refractivity contribution in [1.29, 1.82) is 0 Å². The summed E-state index contributed by atoms with van der Waals surface area (Å²) in [7, 11) is 0. The summed E-state index contributed by atoms with van der Waals surface area (Å²) >= 11 is 16.7. The number of nitro groups is 1. The van der Waals surface area contributed by atoms with Gasteiger partial charge in [-0.3, -0.25) is 35.9 Å². The van der Waals surface area contributed by atoms with Gasteiger partial charge in [-0.2, -0.15) is 0 Å². The fourth-order valence-electron chi connectivity index (χ4n) is 2.22. The second-order valence-electron chi connectivity index (χ2n) is 5.76. The number of nitrogens with one attached hydrogen (secondary N) is 3. The van der Waals surface area contributed by atoms with Gasteiger partial charge in [0.25, 0.3) is 11.6 Å². The highest BCUT2D eigenvalue weighted by atomic mass is 35.5. The fourth-order valence-corrected chi connectivity index (χ4v) is 2.83. The van der Waals surface area contributed by atoms with Crippen LogP contribution in [0.15, 0.2) is 42.5 Å². The van der Waals surface area contributed by atoms with E-state index in [0.29, 0.717) is 22.2 Å². The zero-order valence-corrected chi connectivity index (χ0v) is 17.6. The summed E-state index contributed by atoms with van der Waals surface area (Å²) in [6.45, 7) is 0.244. The van der Waals surface area contributed by atoms with Crippen LogP contribution < -0.4 is 20.9 Å². The van der Waals surface area contributed by atoms with Crippen LogP contribution in [-0.4, -0.2) is 28.5 Å². The van der Waals surface area contributed by atoms with Gasteiger partial charge in [-0.05, 0) is 42.9 Å². The number of para-hydroxylation sites is 1. The number of carbonyl (C=O) groups excluding carboxylic acids is 2. The van der Waals surface area contributed by atoms with Crippen molar-refractivity contribution < 1.29 is 19.2 Å². The van der Waals surface area contributed by atoms with Crippen molar-refractivity contribution in [3.05, 3.63) is 68.2 Å². The van der Waals surface area contributed by atoms with Gasteiger partial charge in [0.2, 0.25) is 5.91 Å². The number of carbonyl (C=O) groups is 2. The summed E-state index contributed by atoms with van der Waals surface area (Å²) in [5.41, 5.74) is 4.16. The van der Waals surface area contributed by atoms with Crippen molar-refractivity contribution in [2.24, 2.45) is 0 Å². The Balaban J connectivity index is 1.71. The molecule has 2 amide bonds. The second kappa shape index (κ2) is 11.3. The minimum atomic E-state index is -0.776. The molecule has 0 heterocycles. The van der Waals surface area contributed by atoms with Crippen molar-refractivity contribution in [3.8, 4) is 5.75 Å². The predicted molar refractivity (Wildman–Crippen MR) is 116 cm³/mol. The van der Waals surface area contributed by atoms with Gasteiger partial charge in [0.1, 0.15) is 11.3 Å². The van der Waals surface area contributed by atoms with Crippen LogP contribution in [0.1, 0.15) is 23.2 Å². The molecule has 0 aromatic heterocycles. The maximum Gasteiger partial charge on any atom is 0.282 e. The molecule has 0 bridgehead atoms. The maximum atomic E-state index is 12.1. The molecule has 0 atom stereocenters. The first kappa shape index (κ1) is 23.3. The number of hydrogen-bond donors (Lipinski definition) is 3. The quantitative estimate of drug-likeness (QED) is 0.245. The van der Waals surface area contributed by atoms with Gasteiger partial charge in [-0.25, -0.2) is 0 Å². The van der Waals surface area contributed by atoms with E-state index >= 15 is 0 Å². The molecule has 0 saturated heterocycles. The van der Waals surface area contributed by atoms with E-state index in [1.165, 1.54) is 24.3 Å². The molecule has 0 fully saturated rings. The van der Waals surface area contributed by atoms with Crippen LogP contribution in [-0.2, 0) is 4.79 Å². The van der Waals surface area contributed by atoms with Crippen LogP contribution in [0.3, 0.4) is 0 Å². The van der Waals surface area contributed by atoms with Crippen LogP contribution in [0.4, 0.5) is 5.69 Å². The summed E-state index contributed by atoms with van der Waals surface area (Å²) in [4.78, 5) is 34.3. The Labute approximate surface area is 186 Å². The average Bonchev–Trinajstić information content (AvgIpc) is 2.70. The van der Waals surface area contributed by atoms with E-state index in [1.54, 1.807) is 18.2 Å². The molecule has 3 N–H and O–H groups in total. The molecule has 9 nitrogen and oxygen atoms in total. The van der Waals surface area contributed by atoms with Crippen molar-refractivity contribution in [2.45, 2.75) is 12.8 Å². The number of benzene rings is 2. The molecule has 0 radical (unpaired) electrons. The van der Waals surface area contributed by atoms with Crippen molar-refractivity contribution in [1.82, 2.24) is 16.2 Å². The summed E-state index contributed by atoms with van der Waals surface area (Å²) in [5, 5.41) is 13.9. The molecule has 2 aromatic carbocycles. The fraction of sp³-hybridized carbons (Fsp3) is 0.167. The van der Waals surface area contributed by atoms with E-state index in [2.05, 4.69) is 16.2 Å². The van der Waals surface area contributed by atoms with Crippen molar-refractivity contribution in [3.63, 3.8) is 0 Å². The maximum absolute atomic E-state index is 12.1. The first-order valence-corrected chi connectivity index (χ1v) is 9.66. The molecule has 0 aliphatic rings. The number of rotatable bonds is 7. The molecule has 2 rings (SSSR count). The lowest BCUT2D eigenvalue weighted by atomic mass is 10.1. The molecule has 0 unspecified atom stereocenters. The third kappa shape index (κ3) is 7.14. The molecular formula is C18H16Cl2N4O5S. The molecule has 158 valence electrons. The minimum Gasteiger partial charge on any atom is -0.492 e. The van der Waals surface area contributed by atoms with Crippen LogP contribution >= 0.6 is 35.4 Å². The highest BCUT2D eigenvalue weighted by molar-refractivity contribution is 7.80. The monoisotopic (exact) mass is 470 g/mol. The summed E-state index contributed by atoms with van der Waals surface area (Å²) in [6, 6.07) is 10.2. The normalized spacial score (nSPS) is 10.1. The molecule has 30 heavy (non-hydrogen) atoms. The van der Waals surface area contributed by atoms with Gasteiger partial charge in [0, 0.05) is 17.5 Å². The highest BCUT2D eigenvalue weighted by Crippen LogP contribution is 2.27.